The largest absolute Gasteiger partial charge is 0.496 e. The van der Waals surface area contributed by atoms with Crippen molar-refractivity contribution < 1.29 is 13.2 Å². The minimum Gasteiger partial charge on any atom is -0.496 e. The highest BCUT2D eigenvalue weighted by Gasteiger charge is 2.18. The van der Waals surface area contributed by atoms with Crippen molar-refractivity contribution in [2.45, 2.75) is 25.5 Å². The molecule has 0 aliphatic heterocycles. The van der Waals surface area contributed by atoms with Crippen LogP contribution in [-0.2, 0) is 14.8 Å². The minimum atomic E-state index is -3.62. The average Bonchev–Trinajstić information content (AvgIpc) is 2.12. The monoisotopic (exact) mass is 296 g/mol. The van der Waals surface area contributed by atoms with Gasteiger partial charge in [-0.25, -0.2) is 8.42 Å². The molecule has 1 aromatic rings. The standard InChI is InChI=1S/C11H14Cl2O3S/c1-7(2)11-8(6-17(13,14)15)4-9(12)5-10(11)16-3/h4-5,7H,6H2,1-3H3. The number of hydrogen-bond donors (Lipinski definition) is 0. The lowest BCUT2D eigenvalue weighted by atomic mass is 9.97. The molecule has 0 bridgehead atoms. The van der Waals surface area contributed by atoms with Crippen LogP contribution in [0.4, 0.5) is 0 Å². The van der Waals surface area contributed by atoms with Crippen LogP contribution in [0.1, 0.15) is 30.9 Å². The van der Waals surface area contributed by atoms with Crippen LogP contribution in [0.25, 0.3) is 0 Å². The zero-order valence-electron chi connectivity index (χ0n) is 9.83. The van der Waals surface area contributed by atoms with Gasteiger partial charge in [-0.05, 0) is 23.6 Å². The zero-order chi connectivity index (χ0) is 13.2. The first-order valence-corrected chi connectivity index (χ1v) is 7.89. The molecule has 0 atom stereocenters. The third-order valence-corrected chi connectivity index (χ3v) is 3.52. The lowest BCUT2D eigenvalue weighted by molar-refractivity contribution is 0.407. The summed E-state index contributed by atoms with van der Waals surface area (Å²) in [5, 5.41) is 0.432. The molecular formula is C11H14Cl2O3S. The van der Waals surface area contributed by atoms with Crippen LogP contribution in [0.3, 0.4) is 0 Å². The Balaban J connectivity index is 3.40. The highest BCUT2D eigenvalue weighted by atomic mass is 35.7. The second-order valence-electron chi connectivity index (χ2n) is 4.02. The number of rotatable bonds is 4. The van der Waals surface area contributed by atoms with Crippen LogP contribution >= 0.6 is 22.3 Å². The summed E-state index contributed by atoms with van der Waals surface area (Å²) >= 11 is 5.92. The molecule has 0 spiro atoms. The van der Waals surface area contributed by atoms with E-state index in [9.17, 15) is 8.42 Å². The SMILES string of the molecule is COc1cc(Cl)cc(CS(=O)(=O)Cl)c1C(C)C. The van der Waals surface area contributed by atoms with Gasteiger partial charge in [-0.1, -0.05) is 25.4 Å². The van der Waals surface area contributed by atoms with E-state index in [0.29, 0.717) is 16.3 Å². The van der Waals surface area contributed by atoms with Gasteiger partial charge in [0.15, 0.2) is 0 Å². The third kappa shape index (κ3) is 4.05. The van der Waals surface area contributed by atoms with Gasteiger partial charge in [0.25, 0.3) is 0 Å². The van der Waals surface area contributed by atoms with Crippen molar-refractivity contribution in [1.29, 1.82) is 0 Å². The normalized spacial score (nSPS) is 11.9. The summed E-state index contributed by atoms with van der Waals surface area (Å²) in [4.78, 5) is 0. The lowest BCUT2D eigenvalue weighted by Crippen LogP contribution is -2.04. The molecule has 0 unspecified atom stereocenters. The van der Waals surface area contributed by atoms with Crippen LogP contribution in [0.5, 0.6) is 5.75 Å². The molecule has 0 aromatic heterocycles. The van der Waals surface area contributed by atoms with Gasteiger partial charge in [-0.3, -0.25) is 0 Å². The van der Waals surface area contributed by atoms with E-state index in [0.717, 1.165) is 5.56 Å². The smallest absolute Gasteiger partial charge is 0.236 e. The maximum atomic E-state index is 11.2. The van der Waals surface area contributed by atoms with Crippen molar-refractivity contribution in [3.8, 4) is 5.75 Å². The molecular weight excluding hydrogens is 283 g/mol. The van der Waals surface area contributed by atoms with Crippen LogP contribution in [0.2, 0.25) is 5.02 Å². The zero-order valence-corrected chi connectivity index (χ0v) is 12.2. The fraction of sp³-hybridized carbons (Fsp3) is 0.455. The summed E-state index contributed by atoms with van der Waals surface area (Å²) in [5.74, 6) is 0.456. The number of methoxy groups -OCH3 is 1. The number of hydrogen-bond acceptors (Lipinski definition) is 3. The van der Waals surface area contributed by atoms with Gasteiger partial charge in [0, 0.05) is 21.3 Å². The predicted octanol–water partition coefficient (Wildman–Crippen LogP) is 3.54. The Morgan fingerprint density at radius 2 is 1.94 bits per heavy atom. The maximum absolute atomic E-state index is 11.2. The van der Waals surface area contributed by atoms with Gasteiger partial charge in [0.05, 0.1) is 12.9 Å². The molecule has 0 radical (unpaired) electrons. The Hall–Kier alpha value is -0.450. The fourth-order valence-corrected chi connectivity index (χ4v) is 2.97. The quantitative estimate of drug-likeness (QED) is 0.798. The molecule has 96 valence electrons. The van der Waals surface area contributed by atoms with Crippen LogP contribution < -0.4 is 4.74 Å². The second kappa shape index (κ2) is 5.46. The van der Waals surface area contributed by atoms with Gasteiger partial charge in [0.2, 0.25) is 9.05 Å². The number of ether oxygens (including phenoxy) is 1. The minimum absolute atomic E-state index is 0.121. The van der Waals surface area contributed by atoms with Gasteiger partial charge >= 0.3 is 0 Å². The van der Waals surface area contributed by atoms with Crippen LogP contribution in [0, 0.1) is 0 Å². The number of halogens is 2. The van der Waals surface area contributed by atoms with Gasteiger partial charge in [-0.15, -0.1) is 0 Å². The Bertz CT molecular complexity index is 510. The molecule has 0 fully saturated rings. The van der Waals surface area contributed by atoms with Gasteiger partial charge in [0.1, 0.15) is 5.75 Å². The van der Waals surface area contributed by atoms with Crippen molar-refractivity contribution >= 4 is 31.3 Å². The summed E-state index contributed by atoms with van der Waals surface area (Å²) in [6, 6.07) is 3.28. The first-order chi connectivity index (χ1) is 7.74. The molecule has 0 saturated carbocycles. The molecule has 0 N–H and O–H groups in total. The molecule has 1 rings (SSSR count). The van der Waals surface area contributed by atoms with Crippen molar-refractivity contribution in [1.82, 2.24) is 0 Å². The van der Waals surface area contributed by atoms with E-state index in [4.69, 9.17) is 27.0 Å². The second-order valence-corrected chi connectivity index (χ2v) is 7.23. The first-order valence-electron chi connectivity index (χ1n) is 5.03. The van der Waals surface area contributed by atoms with E-state index >= 15 is 0 Å². The van der Waals surface area contributed by atoms with Crippen LogP contribution in [0.15, 0.2) is 12.1 Å². The Kier molecular flexibility index (Phi) is 4.69. The summed E-state index contributed by atoms with van der Waals surface area (Å²) in [6.45, 7) is 3.91. The topological polar surface area (TPSA) is 43.4 Å². The average molecular weight is 297 g/mol. The predicted molar refractivity (Wildman–Crippen MR) is 70.6 cm³/mol. The first kappa shape index (κ1) is 14.6. The number of benzene rings is 1. The van der Waals surface area contributed by atoms with E-state index in [-0.39, 0.29) is 11.7 Å². The van der Waals surface area contributed by atoms with Gasteiger partial charge < -0.3 is 4.74 Å². The molecule has 17 heavy (non-hydrogen) atoms. The van der Waals surface area contributed by atoms with Crippen molar-refractivity contribution in [3.63, 3.8) is 0 Å². The molecule has 3 nitrogen and oxygen atoms in total. The van der Waals surface area contributed by atoms with Crippen molar-refractivity contribution in [3.05, 3.63) is 28.3 Å². The molecule has 6 heteroatoms. The highest BCUT2D eigenvalue weighted by molar-refractivity contribution is 8.13. The van der Waals surface area contributed by atoms with E-state index in [1.807, 2.05) is 13.8 Å². The summed E-state index contributed by atoms with van der Waals surface area (Å²) in [6.07, 6.45) is 0. The maximum Gasteiger partial charge on any atom is 0.236 e. The molecule has 1 aromatic carbocycles. The van der Waals surface area contributed by atoms with E-state index in [1.165, 1.54) is 7.11 Å². The molecule has 0 heterocycles. The molecule has 0 aliphatic rings. The third-order valence-electron chi connectivity index (χ3n) is 2.32. The highest BCUT2D eigenvalue weighted by Crippen LogP contribution is 2.34. The summed E-state index contributed by atoms with van der Waals surface area (Å²) in [7, 11) is 3.19. The fourth-order valence-electron chi connectivity index (χ4n) is 1.78. The van der Waals surface area contributed by atoms with Crippen LogP contribution in [-0.4, -0.2) is 15.5 Å². The molecule has 0 saturated heterocycles. The Labute approximate surface area is 111 Å². The summed E-state index contributed by atoms with van der Waals surface area (Å²) in [5.41, 5.74) is 1.40. The van der Waals surface area contributed by atoms with Crippen molar-refractivity contribution in [2.75, 3.05) is 7.11 Å². The lowest BCUT2D eigenvalue weighted by Gasteiger charge is -2.16. The Morgan fingerprint density at radius 3 is 2.35 bits per heavy atom. The van der Waals surface area contributed by atoms with Gasteiger partial charge in [-0.2, -0.15) is 0 Å². The van der Waals surface area contributed by atoms with E-state index < -0.39 is 9.05 Å². The molecule has 0 amide bonds. The Morgan fingerprint density at radius 1 is 1.35 bits per heavy atom. The van der Waals surface area contributed by atoms with E-state index in [2.05, 4.69) is 0 Å². The molecule has 0 aliphatic carbocycles. The van der Waals surface area contributed by atoms with Crippen molar-refractivity contribution in [2.24, 2.45) is 0 Å². The summed E-state index contributed by atoms with van der Waals surface area (Å²) < 4.78 is 27.6. The van der Waals surface area contributed by atoms with E-state index in [1.54, 1.807) is 12.1 Å².